The van der Waals surface area contributed by atoms with E-state index >= 15 is 0 Å². The lowest BCUT2D eigenvalue weighted by Gasteiger charge is -2.31. The summed E-state index contributed by atoms with van der Waals surface area (Å²) >= 11 is 0. The molecule has 0 spiro atoms. The van der Waals surface area contributed by atoms with E-state index in [9.17, 15) is 0 Å². The van der Waals surface area contributed by atoms with Crippen LogP contribution in [0.4, 0.5) is 0 Å². The first kappa shape index (κ1) is 36.6. The van der Waals surface area contributed by atoms with Gasteiger partial charge in [0, 0.05) is 10.8 Å². The van der Waals surface area contributed by atoms with Crippen molar-refractivity contribution >= 4 is 21.5 Å². The molecule has 0 radical (unpaired) electrons. The normalized spacial score (nSPS) is 14.5. The average molecular weight is 751 g/mol. The second kappa shape index (κ2) is 14.0. The first-order chi connectivity index (χ1) is 28.3. The summed E-state index contributed by atoms with van der Waals surface area (Å²) in [5, 5.41) is 5.10. The minimum Gasteiger partial charge on any atom is -0.0642 e. The fourth-order valence-electron chi connectivity index (χ4n) is 11.2. The van der Waals surface area contributed by atoms with Crippen molar-refractivity contribution in [3.05, 3.63) is 179 Å². The van der Waals surface area contributed by atoms with Crippen LogP contribution < -0.4 is 0 Å². The summed E-state index contributed by atoms with van der Waals surface area (Å²) in [6.45, 7) is 14.2. The summed E-state index contributed by atoms with van der Waals surface area (Å²) in [6.07, 6.45) is 5.48. The summed E-state index contributed by atoms with van der Waals surface area (Å²) in [7, 11) is 0. The molecule has 8 aromatic rings. The van der Waals surface area contributed by atoms with E-state index in [0.29, 0.717) is 5.92 Å². The van der Waals surface area contributed by atoms with E-state index in [2.05, 4.69) is 193 Å². The van der Waals surface area contributed by atoms with Crippen molar-refractivity contribution in [3.63, 3.8) is 0 Å². The van der Waals surface area contributed by atoms with E-state index in [0.717, 1.165) is 32.1 Å². The third-order valence-electron chi connectivity index (χ3n) is 14.4. The van der Waals surface area contributed by atoms with Gasteiger partial charge in [-0.15, -0.1) is 0 Å². The molecular formula is C58H54. The molecule has 286 valence electrons. The molecule has 0 N–H and O–H groups in total. The monoisotopic (exact) mass is 750 g/mol. The molecular weight excluding hydrogens is 697 g/mol. The molecule has 0 amide bonds. The van der Waals surface area contributed by atoms with Gasteiger partial charge < -0.3 is 0 Å². The van der Waals surface area contributed by atoms with Gasteiger partial charge in [0.25, 0.3) is 0 Å². The highest BCUT2D eigenvalue weighted by atomic mass is 14.5. The summed E-state index contributed by atoms with van der Waals surface area (Å²) in [4.78, 5) is 0. The second-order valence-electron chi connectivity index (χ2n) is 17.7. The lowest BCUT2D eigenvalue weighted by Crippen LogP contribution is -2.23. The first-order valence-corrected chi connectivity index (χ1v) is 21.9. The summed E-state index contributed by atoms with van der Waals surface area (Å²) in [5.41, 5.74) is 20.9. The van der Waals surface area contributed by atoms with Crippen molar-refractivity contribution in [1.29, 1.82) is 0 Å². The van der Waals surface area contributed by atoms with Crippen molar-refractivity contribution in [2.75, 3.05) is 0 Å². The molecule has 0 aliphatic heterocycles. The number of hydrogen-bond donors (Lipinski definition) is 0. The molecule has 0 heteroatoms. The van der Waals surface area contributed by atoms with Gasteiger partial charge in [-0.3, -0.25) is 0 Å². The second-order valence-corrected chi connectivity index (χ2v) is 17.7. The van der Waals surface area contributed by atoms with Gasteiger partial charge in [0.05, 0.1) is 0 Å². The van der Waals surface area contributed by atoms with Crippen molar-refractivity contribution in [2.24, 2.45) is 5.92 Å². The topological polar surface area (TPSA) is 0 Å². The lowest BCUT2D eigenvalue weighted by molar-refractivity contribution is 0.489. The summed E-state index contributed by atoms with van der Waals surface area (Å²) < 4.78 is 0. The van der Waals surface area contributed by atoms with E-state index in [1.165, 1.54) is 105 Å². The van der Waals surface area contributed by atoms with Crippen LogP contribution in [0.2, 0.25) is 0 Å². The molecule has 8 aromatic carbocycles. The fourth-order valence-corrected chi connectivity index (χ4v) is 11.2. The molecule has 0 fully saturated rings. The van der Waals surface area contributed by atoms with Crippen LogP contribution in [0.15, 0.2) is 152 Å². The maximum atomic E-state index is 2.55. The Labute approximate surface area is 345 Å². The van der Waals surface area contributed by atoms with Crippen LogP contribution in [0.1, 0.15) is 95.0 Å². The molecule has 10 rings (SSSR count). The van der Waals surface area contributed by atoms with Crippen LogP contribution in [-0.4, -0.2) is 0 Å². The van der Waals surface area contributed by atoms with E-state index in [-0.39, 0.29) is 10.8 Å². The standard InChI is InChI=1S/C58H54/c1-7-57(8-2)53-30-38(29-37(5)6)15-25-49(53)50-27-23-47(35-54(50)57)48-24-28-52-51-26-22-46(34-55(51)58(9-3,10-4)56(52)36-48)45-21-20-43-32-42(18-19-44(43)33-45)41-17-16-39-13-11-12-14-40(39)31-41/h11-28,30-37H,7-10,29H2,1-6H3. The highest BCUT2D eigenvalue weighted by Gasteiger charge is 2.42. The SMILES string of the molecule is CCC1(CC)c2cc(CC(C)C)ccc2-c2ccc(-c3ccc4c(c3)C(CC)(CC)c3cc(-c5ccc6cc(-c7ccc8ccccc8c7)ccc6c5)ccc3-4)cc21. The van der Waals surface area contributed by atoms with Crippen molar-refractivity contribution in [3.8, 4) is 55.6 Å². The first-order valence-electron chi connectivity index (χ1n) is 21.9. The Kier molecular flexibility index (Phi) is 8.83. The van der Waals surface area contributed by atoms with Crippen LogP contribution in [0, 0.1) is 5.92 Å². The van der Waals surface area contributed by atoms with E-state index in [4.69, 9.17) is 0 Å². The maximum absolute atomic E-state index is 2.55. The Hall–Kier alpha value is -5.72. The molecule has 0 unspecified atom stereocenters. The number of benzene rings is 8. The molecule has 0 saturated heterocycles. The van der Waals surface area contributed by atoms with Gasteiger partial charge >= 0.3 is 0 Å². The van der Waals surface area contributed by atoms with E-state index in [1.807, 2.05) is 0 Å². The predicted molar refractivity (Wildman–Crippen MR) is 250 cm³/mol. The Bertz CT molecular complexity index is 2890. The smallest absolute Gasteiger partial charge is 0.0210 e. The van der Waals surface area contributed by atoms with Gasteiger partial charge in [0.2, 0.25) is 0 Å². The van der Waals surface area contributed by atoms with Crippen LogP contribution in [-0.2, 0) is 17.3 Å². The fraction of sp³-hybridized carbons (Fsp3) is 0.241. The highest BCUT2D eigenvalue weighted by Crippen LogP contribution is 2.56. The van der Waals surface area contributed by atoms with Crippen molar-refractivity contribution in [2.45, 2.75) is 84.5 Å². The quantitative estimate of drug-likeness (QED) is 0.138. The van der Waals surface area contributed by atoms with Gasteiger partial charge in [-0.2, -0.15) is 0 Å². The van der Waals surface area contributed by atoms with Gasteiger partial charge in [-0.25, -0.2) is 0 Å². The predicted octanol–water partition coefficient (Wildman–Crippen LogP) is 16.4. The van der Waals surface area contributed by atoms with Gasteiger partial charge in [0.15, 0.2) is 0 Å². The van der Waals surface area contributed by atoms with Crippen LogP contribution in [0.5, 0.6) is 0 Å². The van der Waals surface area contributed by atoms with Gasteiger partial charge in [-0.1, -0.05) is 157 Å². The zero-order chi connectivity index (χ0) is 39.8. The average Bonchev–Trinajstić information content (AvgIpc) is 3.70. The summed E-state index contributed by atoms with van der Waals surface area (Å²) in [5.74, 6) is 0.650. The van der Waals surface area contributed by atoms with Crippen LogP contribution in [0.3, 0.4) is 0 Å². The molecule has 0 nitrogen and oxygen atoms in total. The third kappa shape index (κ3) is 5.55. The van der Waals surface area contributed by atoms with Gasteiger partial charge in [0.1, 0.15) is 0 Å². The Balaban J connectivity index is 0.996. The minimum absolute atomic E-state index is 0.0291. The molecule has 0 atom stereocenters. The van der Waals surface area contributed by atoms with Crippen LogP contribution >= 0.6 is 0 Å². The molecule has 0 aromatic heterocycles. The molecule has 0 saturated carbocycles. The van der Waals surface area contributed by atoms with Crippen molar-refractivity contribution in [1.82, 2.24) is 0 Å². The Morgan fingerprint density at radius 3 is 1.09 bits per heavy atom. The van der Waals surface area contributed by atoms with E-state index in [1.54, 1.807) is 0 Å². The number of rotatable bonds is 9. The molecule has 2 aliphatic carbocycles. The molecule has 0 bridgehead atoms. The summed E-state index contributed by atoms with van der Waals surface area (Å²) in [6, 6.07) is 58.6. The highest BCUT2D eigenvalue weighted by molar-refractivity contribution is 5.94. The van der Waals surface area contributed by atoms with Crippen molar-refractivity contribution < 1.29 is 0 Å². The largest absolute Gasteiger partial charge is 0.0642 e. The number of hydrogen-bond acceptors (Lipinski definition) is 0. The zero-order valence-electron chi connectivity index (χ0n) is 35.0. The molecule has 0 heterocycles. The van der Waals surface area contributed by atoms with Crippen LogP contribution in [0.25, 0.3) is 77.2 Å². The molecule has 2 aliphatic rings. The Morgan fingerprint density at radius 1 is 0.345 bits per heavy atom. The lowest BCUT2D eigenvalue weighted by atomic mass is 9.72. The zero-order valence-corrected chi connectivity index (χ0v) is 35.0. The maximum Gasteiger partial charge on any atom is 0.0210 e. The molecule has 58 heavy (non-hydrogen) atoms. The minimum atomic E-state index is -0.0291. The van der Waals surface area contributed by atoms with Gasteiger partial charge in [-0.05, 0) is 179 Å². The number of fused-ring (bicyclic) bond motifs is 8. The Morgan fingerprint density at radius 2 is 0.672 bits per heavy atom. The van der Waals surface area contributed by atoms with E-state index < -0.39 is 0 Å². The third-order valence-corrected chi connectivity index (χ3v) is 14.4.